The van der Waals surface area contributed by atoms with Crippen LogP contribution in [0, 0.1) is 0 Å². The predicted molar refractivity (Wildman–Crippen MR) is 93.5 cm³/mol. The van der Waals surface area contributed by atoms with Gasteiger partial charge in [-0.15, -0.1) is 0 Å². The van der Waals surface area contributed by atoms with E-state index < -0.39 is 0 Å². The zero-order valence-corrected chi connectivity index (χ0v) is 13.8. The van der Waals surface area contributed by atoms with Gasteiger partial charge >= 0.3 is 0 Å². The fourth-order valence-electron chi connectivity index (χ4n) is 2.92. The number of benzene rings is 2. The van der Waals surface area contributed by atoms with Crippen LogP contribution in [0.25, 0.3) is 0 Å². The maximum Gasteiger partial charge on any atom is 0.228 e. The number of nitrogens with zero attached hydrogens (tertiary/aromatic N) is 1. The summed E-state index contributed by atoms with van der Waals surface area (Å²) in [5.74, 6) is 0.699. The van der Waals surface area contributed by atoms with E-state index in [9.17, 15) is 9.59 Å². The van der Waals surface area contributed by atoms with Gasteiger partial charge in [0.15, 0.2) is 0 Å². The summed E-state index contributed by atoms with van der Waals surface area (Å²) >= 11 is 0. The van der Waals surface area contributed by atoms with Crippen molar-refractivity contribution in [2.24, 2.45) is 0 Å². The summed E-state index contributed by atoms with van der Waals surface area (Å²) in [6.07, 6.45) is 1.15. The van der Waals surface area contributed by atoms with Crippen LogP contribution in [-0.2, 0) is 22.4 Å². The van der Waals surface area contributed by atoms with Crippen LogP contribution in [-0.4, -0.2) is 25.5 Å². The van der Waals surface area contributed by atoms with E-state index in [1.54, 1.807) is 18.9 Å². The van der Waals surface area contributed by atoms with E-state index in [4.69, 9.17) is 4.74 Å². The van der Waals surface area contributed by atoms with Gasteiger partial charge in [0.05, 0.1) is 13.5 Å². The smallest absolute Gasteiger partial charge is 0.228 e. The molecule has 0 spiro atoms. The van der Waals surface area contributed by atoms with Crippen molar-refractivity contribution >= 4 is 23.2 Å². The van der Waals surface area contributed by atoms with Crippen molar-refractivity contribution < 1.29 is 14.3 Å². The number of ether oxygens (including phenoxy) is 1. The highest BCUT2D eigenvalue weighted by atomic mass is 16.5. The first kappa shape index (κ1) is 16.1. The van der Waals surface area contributed by atoms with Crippen molar-refractivity contribution in [2.75, 3.05) is 23.9 Å². The van der Waals surface area contributed by atoms with E-state index in [2.05, 4.69) is 5.32 Å². The van der Waals surface area contributed by atoms with Crippen LogP contribution in [0.15, 0.2) is 42.5 Å². The summed E-state index contributed by atoms with van der Waals surface area (Å²) in [7, 11) is 1.61. The molecule has 124 valence electrons. The van der Waals surface area contributed by atoms with Gasteiger partial charge < -0.3 is 15.0 Å². The van der Waals surface area contributed by atoms with Gasteiger partial charge in [0, 0.05) is 24.8 Å². The molecule has 0 radical (unpaired) electrons. The van der Waals surface area contributed by atoms with Crippen molar-refractivity contribution in [1.82, 2.24) is 0 Å². The highest BCUT2D eigenvalue weighted by Gasteiger charge is 2.22. The van der Waals surface area contributed by atoms with Crippen molar-refractivity contribution in [1.29, 1.82) is 0 Å². The summed E-state index contributed by atoms with van der Waals surface area (Å²) in [4.78, 5) is 25.6. The number of carbonyl (C=O) groups is 2. The van der Waals surface area contributed by atoms with Crippen molar-refractivity contribution in [2.45, 2.75) is 19.8 Å². The van der Waals surface area contributed by atoms with Gasteiger partial charge in [0.25, 0.3) is 0 Å². The number of hydrogen-bond donors (Lipinski definition) is 1. The number of rotatable bonds is 4. The number of amides is 2. The lowest BCUT2D eigenvalue weighted by atomic mass is 10.1. The number of anilines is 2. The minimum absolute atomic E-state index is 0.0236. The molecular weight excluding hydrogens is 304 g/mol. The normalized spacial score (nSPS) is 12.7. The van der Waals surface area contributed by atoms with Crippen LogP contribution < -0.4 is 15.0 Å². The maximum atomic E-state index is 12.2. The highest BCUT2D eigenvalue weighted by molar-refractivity contribution is 5.97. The zero-order chi connectivity index (χ0) is 17.1. The Morgan fingerprint density at radius 2 is 1.92 bits per heavy atom. The Bertz CT molecular complexity index is 769. The third-order valence-corrected chi connectivity index (χ3v) is 4.17. The Hall–Kier alpha value is -2.82. The summed E-state index contributed by atoms with van der Waals surface area (Å²) in [6, 6.07) is 13.1. The van der Waals surface area contributed by atoms with E-state index in [1.165, 1.54) is 0 Å². The topological polar surface area (TPSA) is 58.6 Å². The second-order valence-corrected chi connectivity index (χ2v) is 5.84. The summed E-state index contributed by atoms with van der Waals surface area (Å²) in [5, 5.41) is 2.90. The van der Waals surface area contributed by atoms with Crippen LogP contribution in [0.5, 0.6) is 5.75 Å². The number of hydrogen-bond acceptors (Lipinski definition) is 3. The van der Waals surface area contributed by atoms with E-state index in [0.29, 0.717) is 12.2 Å². The minimum Gasteiger partial charge on any atom is -0.497 e. The molecule has 0 bridgehead atoms. The third kappa shape index (κ3) is 3.40. The molecule has 2 amide bonds. The number of fused-ring (bicyclic) bond motifs is 1. The molecule has 0 aliphatic carbocycles. The van der Waals surface area contributed by atoms with Gasteiger partial charge in [0.1, 0.15) is 5.75 Å². The van der Waals surface area contributed by atoms with Crippen LogP contribution >= 0.6 is 0 Å². The van der Waals surface area contributed by atoms with Crippen LogP contribution in [0.4, 0.5) is 11.4 Å². The van der Waals surface area contributed by atoms with Crippen molar-refractivity contribution in [3.63, 3.8) is 0 Å². The molecule has 1 aliphatic heterocycles. The first-order chi connectivity index (χ1) is 11.6. The predicted octanol–water partition coefficient (Wildman–Crippen LogP) is 2.79. The van der Waals surface area contributed by atoms with E-state index in [1.807, 2.05) is 42.5 Å². The van der Waals surface area contributed by atoms with Gasteiger partial charge in [0.2, 0.25) is 11.8 Å². The Kier molecular flexibility index (Phi) is 4.51. The monoisotopic (exact) mass is 324 g/mol. The Balaban J connectivity index is 1.68. The van der Waals surface area contributed by atoms with Gasteiger partial charge in [-0.05, 0) is 41.8 Å². The molecule has 5 nitrogen and oxygen atoms in total. The minimum atomic E-state index is -0.0903. The van der Waals surface area contributed by atoms with Gasteiger partial charge in [-0.2, -0.15) is 0 Å². The molecule has 2 aromatic carbocycles. The molecular formula is C19H20N2O3. The quantitative estimate of drug-likeness (QED) is 0.941. The average molecular weight is 324 g/mol. The Morgan fingerprint density at radius 1 is 1.17 bits per heavy atom. The molecule has 0 aromatic heterocycles. The molecule has 3 rings (SSSR count). The van der Waals surface area contributed by atoms with Crippen LogP contribution in [0.3, 0.4) is 0 Å². The fourth-order valence-corrected chi connectivity index (χ4v) is 2.92. The van der Waals surface area contributed by atoms with E-state index >= 15 is 0 Å². The average Bonchev–Trinajstić information content (AvgIpc) is 2.99. The lowest BCUT2D eigenvalue weighted by Gasteiger charge is -2.16. The lowest BCUT2D eigenvalue weighted by molar-refractivity contribution is -0.116. The first-order valence-electron chi connectivity index (χ1n) is 7.90. The first-order valence-corrected chi connectivity index (χ1v) is 7.90. The number of methoxy groups -OCH3 is 1. The standard InChI is InChI=1S/C19H20N2O3/c1-13(22)21-10-9-15-5-6-16(12-18(15)21)20-19(23)11-14-3-7-17(24-2)8-4-14/h3-8,12H,9-11H2,1-2H3,(H,20,23). The van der Waals surface area contributed by atoms with E-state index in [0.717, 1.165) is 29.0 Å². The molecule has 2 aromatic rings. The second kappa shape index (κ2) is 6.74. The number of carbonyl (C=O) groups excluding carboxylic acids is 2. The molecule has 1 aliphatic rings. The summed E-state index contributed by atoms with van der Waals surface area (Å²) in [6.45, 7) is 2.26. The molecule has 0 saturated heterocycles. The summed E-state index contributed by atoms with van der Waals surface area (Å²) in [5.41, 5.74) is 3.66. The molecule has 0 saturated carbocycles. The number of nitrogens with one attached hydrogen (secondary N) is 1. The maximum absolute atomic E-state index is 12.2. The van der Waals surface area contributed by atoms with Crippen LogP contribution in [0.2, 0.25) is 0 Å². The molecule has 1 N–H and O–H groups in total. The molecule has 0 fully saturated rings. The highest BCUT2D eigenvalue weighted by Crippen LogP contribution is 2.30. The molecule has 0 unspecified atom stereocenters. The second-order valence-electron chi connectivity index (χ2n) is 5.84. The molecule has 0 atom stereocenters. The zero-order valence-electron chi connectivity index (χ0n) is 13.8. The van der Waals surface area contributed by atoms with E-state index in [-0.39, 0.29) is 18.2 Å². The Morgan fingerprint density at radius 3 is 2.58 bits per heavy atom. The van der Waals surface area contributed by atoms with Crippen molar-refractivity contribution in [3.8, 4) is 5.75 Å². The molecule has 24 heavy (non-hydrogen) atoms. The van der Waals surface area contributed by atoms with Crippen molar-refractivity contribution in [3.05, 3.63) is 53.6 Å². The fraction of sp³-hybridized carbons (Fsp3) is 0.263. The molecule has 1 heterocycles. The lowest BCUT2D eigenvalue weighted by Crippen LogP contribution is -2.25. The molecule has 5 heteroatoms. The van der Waals surface area contributed by atoms with Gasteiger partial charge in [-0.25, -0.2) is 0 Å². The largest absolute Gasteiger partial charge is 0.497 e. The van der Waals surface area contributed by atoms with Gasteiger partial charge in [-0.1, -0.05) is 18.2 Å². The SMILES string of the molecule is COc1ccc(CC(=O)Nc2ccc3c(c2)N(C(C)=O)CC3)cc1. The third-order valence-electron chi connectivity index (χ3n) is 4.17. The van der Waals surface area contributed by atoms with Crippen LogP contribution in [0.1, 0.15) is 18.1 Å². The van der Waals surface area contributed by atoms with Gasteiger partial charge in [-0.3, -0.25) is 9.59 Å². The summed E-state index contributed by atoms with van der Waals surface area (Å²) < 4.78 is 5.11. The Labute approximate surface area is 141 Å².